The molecular formula is C26H37NO6S. The Hall–Kier alpha value is -1.61. The second-order valence-electron chi connectivity index (χ2n) is 10.5. The number of nitrogens with zero attached hydrogens (tertiary/aromatic N) is 1. The van der Waals surface area contributed by atoms with Gasteiger partial charge in [-0.1, -0.05) is 20.3 Å². The van der Waals surface area contributed by atoms with Crippen LogP contribution >= 0.6 is 11.3 Å². The van der Waals surface area contributed by atoms with E-state index in [2.05, 4.69) is 4.98 Å². The molecule has 2 aliphatic heterocycles. The smallest absolute Gasteiger partial charge is 0.309 e. The molecule has 188 valence electrons. The molecule has 2 N–H and O–H groups in total. The number of cyclic esters (lactones) is 1. The summed E-state index contributed by atoms with van der Waals surface area (Å²) >= 11 is 1.57. The van der Waals surface area contributed by atoms with Crippen molar-refractivity contribution in [1.29, 1.82) is 0 Å². The lowest BCUT2D eigenvalue weighted by Gasteiger charge is -2.29. The van der Waals surface area contributed by atoms with Crippen molar-refractivity contribution in [3.63, 3.8) is 0 Å². The molecule has 4 rings (SSSR count). The van der Waals surface area contributed by atoms with Crippen LogP contribution in [-0.2, 0) is 19.1 Å². The van der Waals surface area contributed by atoms with Crippen LogP contribution in [0.1, 0.15) is 76.4 Å². The van der Waals surface area contributed by atoms with Gasteiger partial charge in [0.15, 0.2) is 0 Å². The van der Waals surface area contributed by atoms with Crippen LogP contribution in [0.2, 0.25) is 0 Å². The Morgan fingerprint density at radius 2 is 1.94 bits per heavy atom. The molecule has 2 saturated heterocycles. The Morgan fingerprint density at radius 1 is 1.21 bits per heavy atom. The molecule has 3 fully saturated rings. The largest absolute Gasteiger partial charge is 0.458 e. The minimum atomic E-state index is -1.11. The van der Waals surface area contributed by atoms with Crippen molar-refractivity contribution in [3.8, 4) is 0 Å². The van der Waals surface area contributed by atoms with Gasteiger partial charge in [-0.25, -0.2) is 4.98 Å². The summed E-state index contributed by atoms with van der Waals surface area (Å²) in [6.07, 6.45) is 3.69. The van der Waals surface area contributed by atoms with Crippen LogP contribution in [0.25, 0.3) is 6.08 Å². The standard InChI is InChI=1S/C26H37NO6S/c1-14-6-5-7-19-21(32-19)11-20(15(2)10-18-13-34-17(4)27-18)33-23(29)12-22(28)26(8-9-26)25(31)16(3)24(14)30/h10,13-14,16,19-22,24,28,30H,5-9,11-12H2,1-4H3/b15-10+/t14-,16-,19-,20-,21-,22-,24+/m0/s1. The predicted molar refractivity (Wildman–Crippen MR) is 129 cm³/mol. The van der Waals surface area contributed by atoms with E-state index < -0.39 is 35.6 Å². The van der Waals surface area contributed by atoms with E-state index >= 15 is 0 Å². The topological polar surface area (TPSA) is 109 Å². The number of ketones is 1. The SMILES string of the molecule is C/C(=C\c1csc(C)n1)[C@@H]1C[C@@H]2O[C@H]2CCC[C@H](C)[C@@H](O)[C@H](C)C(=O)C2(CC2)[C@@H](O)CC(=O)O1. The number of thiazole rings is 1. The molecule has 0 unspecified atom stereocenters. The number of carbonyl (C=O) groups excluding carboxylic acids is 2. The van der Waals surface area contributed by atoms with Crippen molar-refractivity contribution < 1.29 is 29.3 Å². The van der Waals surface area contributed by atoms with Crippen LogP contribution in [-0.4, -0.2) is 57.5 Å². The zero-order chi connectivity index (χ0) is 24.6. The van der Waals surface area contributed by atoms with E-state index in [9.17, 15) is 19.8 Å². The number of fused-ring (bicyclic) bond motifs is 1. The number of aliphatic hydroxyl groups excluding tert-OH is 2. The molecule has 1 aromatic rings. The molecule has 7 atom stereocenters. The van der Waals surface area contributed by atoms with Gasteiger partial charge in [-0.15, -0.1) is 11.3 Å². The molecule has 0 radical (unpaired) electrons. The Labute approximate surface area is 205 Å². The highest BCUT2D eigenvalue weighted by Gasteiger charge is 2.57. The summed E-state index contributed by atoms with van der Waals surface area (Å²) in [6, 6.07) is 0. The fourth-order valence-corrected chi connectivity index (χ4v) is 5.87. The second kappa shape index (κ2) is 10.2. The Morgan fingerprint density at radius 3 is 2.59 bits per heavy atom. The van der Waals surface area contributed by atoms with E-state index in [-0.39, 0.29) is 30.3 Å². The lowest BCUT2D eigenvalue weighted by molar-refractivity contribution is -0.152. The minimum Gasteiger partial charge on any atom is -0.458 e. The summed E-state index contributed by atoms with van der Waals surface area (Å²) in [4.78, 5) is 30.6. The van der Waals surface area contributed by atoms with E-state index in [0.29, 0.717) is 19.3 Å². The number of aromatic nitrogens is 1. The maximum absolute atomic E-state index is 13.2. The number of hydrogen-bond donors (Lipinski definition) is 2. The van der Waals surface area contributed by atoms with E-state index in [1.54, 1.807) is 18.3 Å². The van der Waals surface area contributed by atoms with Gasteiger partial charge in [0, 0.05) is 17.7 Å². The van der Waals surface area contributed by atoms with Crippen LogP contribution in [0.15, 0.2) is 11.0 Å². The lowest BCUT2D eigenvalue weighted by atomic mass is 9.79. The van der Waals surface area contributed by atoms with Gasteiger partial charge in [-0.2, -0.15) is 0 Å². The second-order valence-corrected chi connectivity index (χ2v) is 11.6. The monoisotopic (exact) mass is 491 g/mol. The fourth-order valence-electron chi connectivity index (χ4n) is 5.30. The van der Waals surface area contributed by atoms with E-state index in [4.69, 9.17) is 9.47 Å². The van der Waals surface area contributed by atoms with Gasteiger partial charge >= 0.3 is 5.97 Å². The Kier molecular flexibility index (Phi) is 7.62. The number of aryl methyl sites for hydroxylation is 1. The first-order chi connectivity index (χ1) is 16.1. The van der Waals surface area contributed by atoms with Crippen LogP contribution < -0.4 is 0 Å². The highest BCUT2D eigenvalue weighted by Crippen LogP contribution is 2.52. The first-order valence-electron chi connectivity index (χ1n) is 12.5. The number of epoxide rings is 1. The van der Waals surface area contributed by atoms with Crippen molar-refractivity contribution in [1.82, 2.24) is 4.98 Å². The number of Topliss-reactive ketones (excluding diaryl/α,β-unsaturated/α-hetero) is 1. The van der Waals surface area contributed by atoms with Crippen molar-refractivity contribution >= 4 is 29.2 Å². The molecule has 1 spiro atoms. The number of ether oxygens (including phenoxy) is 2. The summed E-state index contributed by atoms with van der Waals surface area (Å²) in [5.41, 5.74) is 0.769. The summed E-state index contributed by atoms with van der Waals surface area (Å²) < 4.78 is 11.7. The molecule has 34 heavy (non-hydrogen) atoms. The predicted octanol–water partition coefficient (Wildman–Crippen LogP) is 3.84. The van der Waals surface area contributed by atoms with Gasteiger partial charge in [0.1, 0.15) is 11.9 Å². The summed E-state index contributed by atoms with van der Waals surface area (Å²) in [5, 5.41) is 24.6. The molecule has 1 aromatic heterocycles. The third kappa shape index (κ3) is 5.61. The minimum absolute atomic E-state index is 0.0201. The fraction of sp³-hybridized carbons (Fsp3) is 0.731. The van der Waals surface area contributed by atoms with Gasteiger partial charge < -0.3 is 19.7 Å². The first-order valence-corrected chi connectivity index (χ1v) is 13.3. The summed E-state index contributed by atoms with van der Waals surface area (Å²) in [5.74, 6) is -1.28. The molecule has 1 aliphatic carbocycles. The molecular weight excluding hydrogens is 454 g/mol. The molecule has 3 aliphatic rings. The molecule has 7 nitrogen and oxygen atoms in total. The van der Waals surface area contributed by atoms with Gasteiger partial charge in [0.25, 0.3) is 0 Å². The van der Waals surface area contributed by atoms with Crippen molar-refractivity contribution in [2.75, 3.05) is 0 Å². The van der Waals surface area contributed by atoms with Gasteiger partial charge in [-0.05, 0) is 57.1 Å². The van der Waals surface area contributed by atoms with Gasteiger partial charge in [-0.3, -0.25) is 9.59 Å². The lowest BCUT2D eigenvalue weighted by Crippen LogP contribution is -2.41. The number of carbonyl (C=O) groups is 2. The molecule has 3 heterocycles. The molecule has 0 amide bonds. The third-order valence-corrected chi connectivity index (χ3v) is 8.65. The molecule has 0 aromatic carbocycles. The van der Waals surface area contributed by atoms with Crippen LogP contribution in [0.3, 0.4) is 0 Å². The highest BCUT2D eigenvalue weighted by atomic mass is 32.1. The number of esters is 1. The molecule has 1 saturated carbocycles. The summed E-state index contributed by atoms with van der Waals surface area (Å²) in [6.45, 7) is 7.58. The van der Waals surface area contributed by atoms with Gasteiger partial charge in [0.05, 0.1) is 47.0 Å². The maximum atomic E-state index is 13.2. The first kappa shape index (κ1) is 25.5. The van der Waals surface area contributed by atoms with Crippen LogP contribution in [0.4, 0.5) is 0 Å². The zero-order valence-electron chi connectivity index (χ0n) is 20.5. The number of rotatable bonds is 2. The van der Waals surface area contributed by atoms with Crippen molar-refractivity contribution in [2.24, 2.45) is 17.3 Å². The van der Waals surface area contributed by atoms with Crippen LogP contribution in [0, 0.1) is 24.2 Å². The summed E-state index contributed by atoms with van der Waals surface area (Å²) in [7, 11) is 0. The third-order valence-electron chi connectivity index (χ3n) is 7.86. The van der Waals surface area contributed by atoms with E-state index in [0.717, 1.165) is 35.5 Å². The molecule has 8 heteroatoms. The van der Waals surface area contributed by atoms with E-state index in [1.165, 1.54) is 0 Å². The van der Waals surface area contributed by atoms with Crippen LogP contribution in [0.5, 0.6) is 0 Å². The average Bonchev–Trinajstić information content (AvgIpc) is 3.70. The van der Waals surface area contributed by atoms with E-state index in [1.807, 2.05) is 32.2 Å². The zero-order valence-corrected chi connectivity index (χ0v) is 21.3. The number of aliphatic hydroxyl groups is 2. The normalized spacial score (nSPS) is 37.2. The van der Waals surface area contributed by atoms with Crippen molar-refractivity contribution in [2.45, 2.75) is 103 Å². The van der Waals surface area contributed by atoms with Gasteiger partial charge in [0.2, 0.25) is 0 Å². The Bertz CT molecular complexity index is 937. The quantitative estimate of drug-likeness (QED) is 0.478. The van der Waals surface area contributed by atoms with Crippen molar-refractivity contribution in [3.05, 3.63) is 21.7 Å². The Balaban J connectivity index is 1.53. The number of hydrogen-bond acceptors (Lipinski definition) is 8. The maximum Gasteiger partial charge on any atom is 0.309 e. The average molecular weight is 492 g/mol. The molecule has 0 bridgehead atoms. The highest BCUT2D eigenvalue weighted by molar-refractivity contribution is 7.09.